The van der Waals surface area contributed by atoms with Gasteiger partial charge in [0.1, 0.15) is 0 Å². The van der Waals surface area contributed by atoms with Gasteiger partial charge in [-0.25, -0.2) is 4.90 Å². The van der Waals surface area contributed by atoms with E-state index >= 15 is 4.79 Å². The number of halogens is 1. The number of hydrogen-bond acceptors (Lipinski definition) is 6. The molecule has 246 valence electrons. The van der Waals surface area contributed by atoms with E-state index in [2.05, 4.69) is 0 Å². The molecule has 8 rings (SSSR count). The standard InChI is InChI=1S/C39H37ClN2O6/c1-48-32-18-15-22(19-31(32)43)34-27-16-17-28-33(37(46)41(35(28)44)25-12-6-3-7-13-25)29(27)21-30-36(45)42(26-14-8-11-24(40)20-26)38(47)39(30,34)23-9-4-2-5-10-23/h2,4-5,8-11,14-16,18-20,25,28-30,33-34,43H,3,6-7,12-13,17,21H2,1H3/t28-,29+,30-,33-,34-,39+/m0/s1. The Morgan fingerprint density at radius 1 is 0.854 bits per heavy atom. The fraction of sp³-hybridized carbons (Fsp3) is 0.385. The summed E-state index contributed by atoms with van der Waals surface area (Å²) in [5, 5.41) is 11.5. The van der Waals surface area contributed by atoms with Crippen molar-refractivity contribution in [1.82, 2.24) is 4.90 Å². The number of allylic oxidation sites excluding steroid dienone is 2. The van der Waals surface area contributed by atoms with E-state index in [4.69, 9.17) is 16.3 Å². The van der Waals surface area contributed by atoms with Crippen LogP contribution in [0.3, 0.4) is 0 Å². The molecule has 0 aromatic heterocycles. The molecule has 1 N–H and O–H groups in total. The maximum atomic E-state index is 15.3. The van der Waals surface area contributed by atoms with E-state index in [1.165, 1.54) is 12.0 Å². The van der Waals surface area contributed by atoms with Crippen molar-refractivity contribution in [3.05, 3.63) is 101 Å². The minimum atomic E-state index is -1.40. The molecule has 5 aliphatic rings. The van der Waals surface area contributed by atoms with Gasteiger partial charge in [0.25, 0.3) is 0 Å². The number of phenolic OH excluding ortho intramolecular Hbond substituents is 1. The maximum Gasteiger partial charge on any atom is 0.246 e. The summed E-state index contributed by atoms with van der Waals surface area (Å²) in [5.74, 6) is -3.96. The van der Waals surface area contributed by atoms with Crippen molar-refractivity contribution in [1.29, 1.82) is 0 Å². The quantitative estimate of drug-likeness (QED) is 0.245. The Labute approximate surface area is 284 Å². The van der Waals surface area contributed by atoms with Gasteiger partial charge in [-0.05, 0) is 73.1 Å². The first-order chi connectivity index (χ1) is 23.3. The second-order valence-electron chi connectivity index (χ2n) is 13.9. The van der Waals surface area contributed by atoms with Gasteiger partial charge in [0.05, 0.1) is 36.0 Å². The molecule has 0 bridgehead atoms. The summed E-state index contributed by atoms with van der Waals surface area (Å²) in [6.45, 7) is 0. The van der Waals surface area contributed by atoms with Crippen molar-refractivity contribution >= 4 is 40.9 Å². The molecule has 3 aromatic carbocycles. The number of phenols is 1. The zero-order valence-corrected chi connectivity index (χ0v) is 27.4. The zero-order valence-electron chi connectivity index (χ0n) is 26.7. The van der Waals surface area contributed by atoms with Gasteiger partial charge >= 0.3 is 0 Å². The second-order valence-corrected chi connectivity index (χ2v) is 14.3. The highest BCUT2D eigenvalue weighted by Crippen LogP contribution is 2.65. The molecule has 0 spiro atoms. The normalized spacial score (nSPS) is 30.2. The van der Waals surface area contributed by atoms with E-state index < -0.39 is 35.0 Å². The minimum Gasteiger partial charge on any atom is -0.504 e. The number of carbonyl (C=O) groups is 4. The molecule has 8 nitrogen and oxygen atoms in total. The largest absolute Gasteiger partial charge is 0.504 e. The molecule has 3 aromatic rings. The van der Waals surface area contributed by atoms with Crippen molar-refractivity contribution in [3.8, 4) is 11.5 Å². The molecule has 3 aliphatic carbocycles. The van der Waals surface area contributed by atoms with Gasteiger partial charge in [-0.15, -0.1) is 0 Å². The smallest absolute Gasteiger partial charge is 0.246 e. The van der Waals surface area contributed by atoms with Gasteiger partial charge in [-0.2, -0.15) is 0 Å². The molecule has 9 heteroatoms. The third-order valence-electron chi connectivity index (χ3n) is 11.7. The van der Waals surface area contributed by atoms with Crippen molar-refractivity contribution in [2.45, 2.75) is 62.3 Å². The first-order valence-electron chi connectivity index (χ1n) is 16.9. The number of anilines is 1. The number of likely N-dealkylation sites (tertiary alicyclic amines) is 1. The van der Waals surface area contributed by atoms with E-state index in [9.17, 15) is 19.5 Å². The summed E-state index contributed by atoms with van der Waals surface area (Å²) in [7, 11) is 1.47. The van der Waals surface area contributed by atoms with Crippen LogP contribution in [0.2, 0.25) is 5.02 Å². The van der Waals surface area contributed by atoms with Crippen LogP contribution in [0.25, 0.3) is 0 Å². The predicted molar refractivity (Wildman–Crippen MR) is 179 cm³/mol. The maximum absolute atomic E-state index is 15.3. The molecular formula is C39H37ClN2O6. The predicted octanol–water partition coefficient (Wildman–Crippen LogP) is 6.55. The zero-order chi connectivity index (χ0) is 33.3. The highest BCUT2D eigenvalue weighted by molar-refractivity contribution is 6.32. The van der Waals surface area contributed by atoms with Crippen LogP contribution in [0.5, 0.6) is 11.5 Å². The number of amides is 4. The Bertz CT molecular complexity index is 1870. The van der Waals surface area contributed by atoms with Crippen LogP contribution in [0.4, 0.5) is 5.69 Å². The highest BCUT2D eigenvalue weighted by atomic mass is 35.5. The van der Waals surface area contributed by atoms with Crippen molar-refractivity contribution < 1.29 is 29.0 Å². The summed E-state index contributed by atoms with van der Waals surface area (Å²) in [6, 6.07) is 21.1. The van der Waals surface area contributed by atoms with Crippen LogP contribution in [0.1, 0.15) is 62.0 Å². The van der Waals surface area contributed by atoms with Gasteiger partial charge in [-0.3, -0.25) is 24.1 Å². The minimum absolute atomic E-state index is 0.0924. The van der Waals surface area contributed by atoms with E-state index in [0.29, 0.717) is 28.3 Å². The molecule has 0 radical (unpaired) electrons. The third-order valence-corrected chi connectivity index (χ3v) is 11.9. The van der Waals surface area contributed by atoms with E-state index in [0.717, 1.165) is 37.7 Å². The number of carbonyl (C=O) groups excluding carboxylic acids is 4. The van der Waals surface area contributed by atoms with Gasteiger partial charge in [0, 0.05) is 17.0 Å². The molecule has 48 heavy (non-hydrogen) atoms. The average molecular weight is 665 g/mol. The Kier molecular flexibility index (Phi) is 7.47. The number of benzene rings is 3. The average Bonchev–Trinajstić information content (AvgIpc) is 3.49. The van der Waals surface area contributed by atoms with E-state index in [-0.39, 0.29) is 47.6 Å². The molecule has 6 atom stereocenters. The first kappa shape index (κ1) is 30.9. The lowest BCUT2D eigenvalue weighted by Gasteiger charge is -2.50. The molecule has 2 saturated heterocycles. The van der Waals surface area contributed by atoms with Crippen molar-refractivity contribution in [3.63, 3.8) is 0 Å². The number of ether oxygens (including phenoxy) is 1. The molecule has 2 heterocycles. The SMILES string of the molecule is COc1ccc([C@H]2C3=CC[C@@H]4C(=O)N(C5CCCCC5)C(=O)[C@@H]4[C@@H]3C[C@H]3C(=O)N(c4cccc(Cl)c4)C(=O)[C@@]23c2ccccc2)cc1O. The summed E-state index contributed by atoms with van der Waals surface area (Å²) in [4.78, 5) is 61.3. The lowest BCUT2D eigenvalue weighted by molar-refractivity contribution is -0.143. The number of methoxy groups -OCH3 is 1. The Morgan fingerprint density at radius 2 is 1.62 bits per heavy atom. The van der Waals surface area contributed by atoms with Crippen LogP contribution in [-0.4, -0.2) is 46.8 Å². The number of aromatic hydroxyl groups is 1. The van der Waals surface area contributed by atoms with Gasteiger partial charge in [0.2, 0.25) is 23.6 Å². The van der Waals surface area contributed by atoms with Crippen LogP contribution >= 0.6 is 11.6 Å². The number of fused-ring (bicyclic) bond motifs is 4. The Balaban J connectivity index is 1.34. The summed E-state index contributed by atoms with van der Waals surface area (Å²) in [5.41, 5.74) is 1.15. The second kappa shape index (κ2) is 11.6. The monoisotopic (exact) mass is 664 g/mol. The van der Waals surface area contributed by atoms with E-state index in [1.54, 1.807) is 41.3 Å². The fourth-order valence-electron chi connectivity index (χ4n) is 9.73. The van der Waals surface area contributed by atoms with Crippen LogP contribution in [0.15, 0.2) is 84.4 Å². The number of imide groups is 2. The molecule has 4 fully saturated rings. The molecule has 4 amide bonds. The van der Waals surface area contributed by atoms with Crippen molar-refractivity contribution in [2.75, 3.05) is 12.0 Å². The van der Waals surface area contributed by atoms with Gasteiger partial charge in [0.15, 0.2) is 11.5 Å². The molecular weight excluding hydrogens is 628 g/mol. The highest BCUT2D eigenvalue weighted by Gasteiger charge is 2.70. The van der Waals surface area contributed by atoms with E-state index in [1.807, 2.05) is 42.5 Å². The molecule has 2 saturated carbocycles. The first-order valence-corrected chi connectivity index (χ1v) is 17.3. The number of rotatable bonds is 5. The Morgan fingerprint density at radius 3 is 2.33 bits per heavy atom. The summed E-state index contributed by atoms with van der Waals surface area (Å²) < 4.78 is 5.37. The summed E-state index contributed by atoms with van der Waals surface area (Å²) >= 11 is 6.39. The third kappa shape index (κ3) is 4.34. The van der Waals surface area contributed by atoms with Crippen LogP contribution in [0, 0.1) is 23.7 Å². The van der Waals surface area contributed by atoms with Crippen LogP contribution in [-0.2, 0) is 24.6 Å². The van der Waals surface area contributed by atoms with Crippen molar-refractivity contribution in [2.24, 2.45) is 23.7 Å². The van der Waals surface area contributed by atoms with Gasteiger partial charge in [-0.1, -0.05) is 85.0 Å². The number of hydrogen-bond donors (Lipinski definition) is 1. The lowest BCUT2D eigenvalue weighted by atomic mass is 9.49. The van der Waals surface area contributed by atoms with Gasteiger partial charge < -0.3 is 9.84 Å². The molecule has 2 aliphatic heterocycles. The Hall–Kier alpha value is -4.43. The fourth-order valence-corrected chi connectivity index (χ4v) is 9.91. The number of nitrogens with zero attached hydrogens (tertiary/aromatic N) is 2. The van der Waals surface area contributed by atoms with Crippen LogP contribution < -0.4 is 9.64 Å². The topological polar surface area (TPSA) is 104 Å². The summed E-state index contributed by atoms with van der Waals surface area (Å²) in [6.07, 6.45) is 7.38. The lowest BCUT2D eigenvalue weighted by Crippen LogP contribution is -2.53. The molecule has 0 unspecified atom stereocenters.